The van der Waals surface area contributed by atoms with Crippen molar-refractivity contribution in [3.63, 3.8) is 0 Å². The summed E-state index contributed by atoms with van der Waals surface area (Å²) in [7, 11) is 0. The lowest BCUT2D eigenvalue weighted by Gasteiger charge is -2.18. The van der Waals surface area contributed by atoms with E-state index in [1.54, 1.807) is 23.6 Å². The zero-order valence-electron chi connectivity index (χ0n) is 16.1. The van der Waals surface area contributed by atoms with E-state index in [-0.39, 0.29) is 19.1 Å². The van der Waals surface area contributed by atoms with Crippen LogP contribution in [0.25, 0.3) is 10.2 Å². The number of fused-ring (bicyclic) bond motifs is 2. The first-order chi connectivity index (χ1) is 14.1. The molecule has 0 bridgehead atoms. The summed E-state index contributed by atoms with van der Waals surface area (Å²) in [5, 5.41) is 0. The first kappa shape index (κ1) is 19.2. The Balaban J connectivity index is 1.86. The molecule has 1 aromatic heterocycles. The SMILES string of the molecule is CCOC(=O)Cn1c(=NC(=O)c2ccccc2C)sc2cc3c(cc21)OCCO3. The molecule has 0 saturated heterocycles. The number of thiazole rings is 1. The van der Waals surface area contributed by atoms with Crippen molar-refractivity contribution in [3.8, 4) is 11.5 Å². The smallest absolute Gasteiger partial charge is 0.326 e. The number of aromatic nitrogens is 1. The number of ether oxygens (including phenoxy) is 3. The Morgan fingerprint density at radius 1 is 1.17 bits per heavy atom. The van der Waals surface area contributed by atoms with Gasteiger partial charge in [-0.15, -0.1) is 0 Å². The van der Waals surface area contributed by atoms with Crippen molar-refractivity contribution in [1.82, 2.24) is 4.57 Å². The number of hydrogen-bond acceptors (Lipinski definition) is 6. The second kappa shape index (κ2) is 8.08. The van der Waals surface area contributed by atoms with Crippen LogP contribution in [0.3, 0.4) is 0 Å². The second-order valence-electron chi connectivity index (χ2n) is 6.47. The van der Waals surface area contributed by atoms with Gasteiger partial charge in [-0.05, 0) is 25.5 Å². The maximum absolute atomic E-state index is 12.8. The molecule has 0 fully saturated rings. The molecule has 0 atom stereocenters. The minimum absolute atomic E-state index is 0.0482. The van der Waals surface area contributed by atoms with Gasteiger partial charge in [-0.1, -0.05) is 29.5 Å². The Hall–Kier alpha value is -3.13. The number of aryl methyl sites for hydroxylation is 1. The molecule has 1 aliphatic rings. The fourth-order valence-electron chi connectivity index (χ4n) is 3.14. The van der Waals surface area contributed by atoms with E-state index in [1.807, 2.05) is 31.2 Å². The molecule has 8 heteroatoms. The standard InChI is InChI=1S/C21H20N2O5S/c1-3-26-19(24)12-23-15-10-16-17(28-9-8-27-16)11-18(15)29-21(23)22-20(25)14-7-5-4-6-13(14)2/h4-7,10-11H,3,8-9,12H2,1-2H3. The van der Waals surface area contributed by atoms with Crippen molar-refractivity contribution in [1.29, 1.82) is 0 Å². The number of benzene rings is 2. The lowest BCUT2D eigenvalue weighted by molar-refractivity contribution is -0.143. The van der Waals surface area contributed by atoms with Gasteiger partial charge in [0.1, 0.15) is 19.8 Å². The summed E-state index contributed by atoms with van der Waals surface area (Å²) >= 11 is 1.32. The van der Waals surface area contributed by atoms with Gasteiger partial charge in [0.2, 0.25) is 0 Å². The number of rotatable bonds is 4. The first-order valence-electron chi connectivity index (χ1n) is 9.30. The number of carbonyl (C=O) groups is 2. The molecule has 0 unspecified atom stereocenters. The molecule has 4 rings (SSSR count). The monoisotopic (exact) mass is 412 g/mol. The molecule has 150 valence electrons. The first-order valence-corrected chi connectivity index (χ1v) is 10.1. The van der Waals surface area contributed by atoms with Gasteiger partial charge >= 0.3 is 5.97 Å². The third kappa shape index (κ3) is 3.88. The van der Waals surface area contributed by atoms with Crippen LogP contribution in [0.2, 0.25) is 0 Å². The van der Waals surface area contributed by atoms with E-state index in [1.165, 1.54) is 11.3 Å². The number of nitrogens with zero attached hydrogens (tertiary/aromatic N) is 2. The summed E-state index contributed by atoms with van der Waals surface area (Å²) in [5.74, 6) is 0.498. The molecule has 1 aliphatic heterocycles. The molecule has 1 amide bonds. The van der Waals surface area contributed by atoms with Crippen molar-refractivity contribution in [2.45, 2.75) is 20.4 Å². The quantitative estimate of drug-likeness (QED) is 0.616. The van der Waals surface area contributed by atoms with Crippen LogP contribution < -0.4 is 14.3 Å². The van der Waals surface area contributed by atoms with Crippen molar-refractivity contribution >= 4 is 33.4 Å². The molecule has 2 aromatic carbocycles. The maximum atomic E-state index is 12.8. The second-order valence-corrected chi connectivity index (χ2v) is 7.48. The lowest BCUT2D eigenvalue weighted by atomic mass is 10.1. The number of esters is 1. The van der Waals surface area contributed by atoms with Crippen molar-refractivity contribution in [3.05, 3.63) is 52.3 Å². The average Bonchev–Trinajstić information content (AvgIpc) is 3.02. The lowest BCUT2D eigenvalue weighted by Crippen LogP contribution is -2.23. The maximum Gasteiger partial charge on any atom is 0.326 e. The fourth-order valence-corrected chi connectivity index (χ4v) is 4.18. The number of amides is 1. The van der Waals surface area contributed by atoms with E-state index in [2.05, 4.69) is 4.99 Å². The highest BCUT2D eigenvalue weighted by Crippen LogP contribution is 2.35. The predicted molar refractivity (Wildman–Crippen MR) is 109 cm³/mol. The van der Waals surface area contributed by atoms with E-state index in [0.717, 1.165) is 15.8 Å². The Morgan fingerprint density at radius 3 is 2.62 bits per heavy atom. The normalized spacial score (nSPS) is 13.5. The van der Waals surface area contributed by atoms with Crippen molar-refractivity contribution in [2.24, 2.45) is 4.99 Å². The van der Waals surface area contributed by atoms with E-state index < -0.39 is 5.97 Å². The van der Waals surface area contributed by atoms with Crippen molar-refractivity contribution < 1.29 is 23.8 Å². The van der Waals surface area contributed by atoms with Gasteiger partial charge in [-0.2, -0.15) is 4.99 Å². The number of hydrogen-bond donors (Lipinski definition) is 0. The van der Waals surface area contributed by atoms with Gasteiger partial charge in [0.25, 0.3) is 5.91 Å². The van der Waals surface area contributed by atoms with Crippen LogP contribution in [0.15, 0.2) is 41.4 Å². The summed E-state index contributed by atoms with van der Waals surface area (Å²) in [6.07, 6.45) is 0. The number of carbonyl (C=O) groups excluding carboxylic acids is 2. The van der Waals surface area contributed by atoms with Crippen LogP contribution >= 0.6 is 11.3 Å². The van der Waals surface area contributed by atoms with Gasteiger partial charge < -0.3 is 18.8 Å². The van der Waals surface area contributed by atoms with Gasteiger partial charge in [0, 0.05) is 17.7 Å². The van der Waals surface area contributed by atoms with Crippen molar-refractivity contribution in [2.75, 3.05) is 19.8 Å². The molecule has 0 radical (unpaired) electrons. The molecule has 29 heavy (non-hydrogen) atoms. The molecule has 2 heterocycles. The van der Waals surface area contributed by atoms with Gasteiger partial charge in [-0.25, -0.2) is 0 Å². The highest BCUT2D eigenvalue weighted by molar-refractivity contribution is 7.16. The zero-order chi connectivity index (χ0) is 20.4. The van der Waals surface area contributed by atoms with Gasteiger partial charge in [-0.3, -0.25) is 9.59 Å². The summed E-state index contributed by atoms with van der Waals surface area (Å²) in [4.78, 5) is 29.7. The molecule has 0 aliphatic carbocycles. The Bertz CT molecular complexity index is 1160. The third-order valence-electron chi connectivity index (χ3n) is 4.51. The van der Waals surface area contributed by atoms with Crippen LogP contribution in [-0.4, -0.2) is 36.3 Å². The average molecular weight is 412 g/mol. The summed E-state index contributed by atoms with van der Waals surface area (Å²) < 4.78 is 18.9. The van der Waals surface area contributed by atoms with E-state index in [9.17, 15) is 9.59 Å². The third-order valence-corrected chi connectivity index (χ3v) is 5.55. The Labute approximate surface area is 171 Å². The minimum Gasteiger partial charge on any atom is -0.486 e. The molecule has 0 N–H and O–H groups in total. The molecular weight excluding hydrogens is 392 g/mol. The molecule has 0 spiro atoms. The predicted octanol–water partition coefficient (Wildman–Crippen LogP) is 3.09. The van der Waals surface area contributed by atoms with E-state index in [4.69, 9.17) is 14.2 Å². The van der Waals surface area contributed by atoms with Gasteiger partial charge in [0.05, 0.1) is 16.8 Å². The summed E-state index contributed by atoms with van der Waals surface area (Å²) in [5.41, 5.74) is 2.11. The van der Waals surface area contributed by atoms with Crippen LogP contribution in [0.1, 0.15) is 22.8 Å². The summed E-state index contributed by atoms with van der Waals surface area (Å²) in [6.45, 7) is 4.79. The highest BCUT2D eigenvalue weighted by Gasteiger charge is 2.19. The Morgan fingerprint density at radius 2 is 1.90 bits per heavy atom. The van der Waals surface area contributed by atoms with Gasteiger partial charge in [0.15, 0.2) is 16.3 Å². The molecule has 3 aromatic rings. The molecular formula is C21H20N2O5S. The topological polar surface area (TPSA) is 79.1 Å². The largest absolute Gasteiger partial charge is 0.486 e. The van der Waals surface area contributed by atoms with E-state index in [0.29, 0.717) is 35.1 Å². The molecule has 0 saturated carbocycles. The van der Waals surface area contributed by atoms with Crippen LogP contribution in [0.5, 0.6) is 11.5 Å². The Kier molecular flexibility index (Phi) is 5.35. The minimum atomic E-state index is -0.396. The van der Waals surface area contributed by atoms with Crippen LogP contribution in [0.4, 0.5) is 0 Å². The van der Waals surface area contributed by atoms with Crippen LogP contribution in [0, 0.1) is 6.92 Å². The summed E-state index contributed by atoms with van der Waals surface area (Å²) in [6, 6.07) is 10.9. The zero-order valence-corrected chi connectivity index (χ0v) is 17.0. The molecule has 7 nitrogen and oxygen atoms in total. The van der Waals surface area contributed by atoms with Crippen LogP contribution in [-0.2, 0) is 16.1 Å². The fraction of sp³-hybridized carbons (Fsp3) is 0.286. The van der Waals surface area contributed by atoms with E-state index >= 15 is 0 Å². The highest BCUT2D eigenvalue weighted by atomic mass is 32.1.